The maximum Gasteiger partial charge on any atom is 0.274 e. The van der Waals surface area contributed by atoms with E-state index in [1.54, 1.807) is 37.3 Å². The molecular weight excluding hydrogens is 376 g/mol. The van der Waals surface area contributed by atoms with Crippen LogP contribution in [-0.4, -0.2) is 29.0 Å². The van der Waals surface area contributed by atoms with Crippen LogP contribution in [0.3, 0.4) is 0 Å². The van der Waals surface area contributed by atoms with E-state index in [1.165, 1.54) is 18.5 Å². The maximum absolute atomic E-state index is 12.7. The third-order valence-corrected chi connectivity index (χ3v) is 4.95. The molecule has 1 aromatic heterocycles. The largest absolute Gasteiger partial charge is 0.372 e. The predicted octanol–water partition coefficient (Wildman–Crippen LogP) is 4.25. The molecule has 2 aromatic carbocycles. The minimum Gasteiger partial charge on any atom is -0.372 e. The Morgan fingerprint density at radius 3 is 2.33 bits per heavy atom. The van der Waals surface area contributed by atoms with Crippen molar-refractivity contribution in [3.8, 4) is 6.07 Å². The van der Waals surface area contributed by atoms with E-state index in [9.17, 15) is 4.79 Å². The van der Waals surface area contributed by atoms with Gasteiger partial charge in [0, 0.05) is 36.2 Å². The summed E-state index contributed by atoms with van der Waals surface area (Å²) in [5.74, 6) is 0.710. The number of anilines is 4. The fraction of sp³-hybridized carbons (Fsp3) is 0.217. The highest BCUT2D eigenvalue weighted by Gasteiger charge is 2.14. The van der Waals surface area contributed by atoms with Crippen molar-refractivity contribution in [3.63, 3.8) is 0 Å². The van der Waals surface area contributed by atoms with Gasteiger partial charge in [0.15, 0.2) is 0 Å². The molecule has 2 heterocycles. The van der Waals surface area contributed by atoms with E-state index in [0.29, 0.717) is 17.2 Å². The van der Waals surface area contributed by atoms with Crippen molar-refractivity contribution in [1.82, 2.24) is 9.97 Å². The summed E-state index contributed by atoms with van der Waals surface area (Å²) in [5, 5.41) is 15.0. The lowest BCUT2D eigenvalue weighted by molar-refractivity contribution is 0.102. The molecule has 0 aliphatic carbocycles. The fourth-order valence-electron chi connectivity index (χ4n) is 3.45. The van der Waals surface area contributed by atoms with Crippen LogP contribution in [0, 0.1) is 18.3 Å². The Morgan fingerprint density at radius 2 is 1.67 bits per heavy atom. The van der Waals surface area contributed by atoms with Gasteiger partial charge in [0.2, 0.25) is 0 Å². The van der Waals surface area contributed by atoms with Gasteiger partial charge in [0.25, 0.3) is 5.91 Å². The van der Waals surface area contributed by atoms with Gasteiger partial charge in [-0.1, -0.05) is 0 Å². The number of hydrogen-bond acceptors (Lipinski definition) is 6. The number of nitrogens with one attached hydrogen (secondary N) is 2. The number of nitriles is 1. The van der Waals surface area contributed by atoms with Gasteiger partial charge < -0.3 is 15.5 Å². The van der Waals surface area contributed by atoms with Crippen molar-refractivity contribution in [2.75, 3.05) is 28.6 Å². The molecule has 0 unspecified atom stereocenters. The summed E-state index contributed by atoms with van der Waals surface area (Å²) in [6, 6.07) is 18.6. The van der Waals surface area contributed by atoms with Gasteiger partial charge in [-0.05, 0) is 68.3 Å². The van der Waals surface area contributed by atoms with Crippen LogP contribution >= 0.6 is 0 Å². The van der Waals surface area contributed by atoms with E-state index in [-0.39, 0.29) is 11.6 Å². The summed E-state index contributed by atoms with van der Waals surface area (Å²) < 4.78 is 0. The van der Waals surface area contributed by atoms with Crippen molar-refractivity contribution in [1.29, 1.82) is 5.26 Å². The number of aromatic nitrogens is 2. The van der Waals surface area contributed by atoms with Gasteiger partial charge in [-0.25, -0.2) is 9.97 Å². The summed E-state index contributed by atoms with van der Waals surface area (Å²) in [5.41, 5.74) is 3.53. The summed E-state index contributed by atoms with van der Waals surface area (Å²) in [6.07, 6.45) is 2.45. The van der Waals surface area contributed by atoms with Crippen molar-refractivity contribution < 1.29 is 4.79 Å². The summed E-state index contributed by atoms with van der Waals surface area (Å²) in [6.45, 7) is 3.91. The highest BCUT2D eigenvalue weighted by molar-refractivity contribution is 6.03. The van der Waals surface area contributed by atoms with Crippen LogP contribution in [-0.2, 0) is 0 Å². The molecule has 2 N–H and O–H groups in total. The van der Waals surface area contributed by atoms with Gasteiger partial charge in [-0.15, -0.1) is 0 Å². The Labute approximate surface area is 175 Å². The first kappa shape index (κ1) is 19.4. The zero-order valence-electron chi connectivity index (χ0n) is 16.7. The Balaban J connectivity index is 1.46. The molecular formula is C23H22N6O. The van der Waals surface area contributed by atoms with Gasteiger partial charge in [-0.2, -0.15) is 5.26 Å². The van der Waals surface area contributed by atoms with Crippen LogP contribution in [0.25, 0.3) is 0 Å². The number of nitrogens with zero attached hydrogens (tertiary/aromatic N) is 4. The second-order valence-corrected chi connectivity index (χ2v) is 7.19. The van der Waals surface area contributed by atoms with Crippen LogP contribution in [0.5, 0.6) is 0 Å². The lowest BCUT2D eigenvalue weighted by Gasteiger charge is -2.17. The maximum atomic E-state index is 12.7. The smallest absolute Gasteiger partial charge is 0.274 e. The standard InChI is InChI=1S/C23H22N6O/c1-16-25-21(14-22(26-16)27-18-6-4-17(15-24)5-7-18)23(30)28-19-8-10-20(11-9-19)29-12-2-3-13-29/h4-11,14H,2-3,12-13H2,1H3,(H,28,30)(H,25,26,27). The Kier molecular flexibility index (Phi) is 5.57. The minimum atomic E-state index is -0.294. The first-order chi connectivity index (χ1) is 14.6. The number of carbonyl (C=O) groups is 1. The molecule has 7 heteroatoms. The van der Waals surface area contributed by atoms with Crippen LogP contribution in [0.1, 0.15) is 34.7 Å². The zero-order chi connectivity index (χ0) is 20.9. The topological polar surface area (TPSA) is 93.9 Å². The highest BCUT2D eigenvalue weighted by Crippen LogP contribution is 2.22. The van der Waals surface area contributed by atoms with E-state index >= 15 is 0 Å². The molecule has 0 radical (unpaired) electrons. The van der Waals surface area contributed by atoms with Crippen LogP contribution < -0.4 is 15.5 Å². The summed E-state index contributed by atoms with van der Waals surface area (Å²) in [4.78, 5) is 23.7. The van der Waals surface area contributed by atoms with Crippen LogP contribution in [0.4, 0.5) is 22.9 Å². The van der Waals surface area contributed by atoms with E-state index < -0.39 is 0 Å². The zero-order valence-corrected chi connectivity index (χ0v) is 16.7. The van der Waals surface area contributed by atoms with Gasteiger partial charge >= 0.3 is 0 Å². The molecule has 0 atom stereocenters. The van der Waals surface area contributed by atoms with Crippen molar-refractivity contribution in [2.24, 2.45) is 0 Å². The van der Waals surface area contributed by atoms with Crippen molar-refractivity contribution in [2.45, 2.75) is 19.8 Å². The molecule has 30 heavy (non-hydrogen) atoms. The molecule has 1 fully saturated rings. The Bertz CT molecular complexity index is 1080. The predicted molar refractivity (Wildman–Crippen MR) is 117 cm³/mol. The Morgan fingerprint density at radius 1 is 1.00 bits per heavy atom. The van der Waals surface area contributed by atoms with Crippen molar-refractivity contribution >= 4 is 28.8 Å². The van der Waals surface area contributed by atoms with E-state index in [0.717, 1.165) is 24.5 Å². The minimum absolute atomic E-state index is 0.280. The van der Waals surface area contributed by atoms with Gasteiger partial charge in [-0.3, -0.25) is 4.79 Å². The number of benzene rings is 2. The molecule has 1 aliphatic heterocycles. The van der Waals surface area contributed by atoms with Crippen molar-refractivity contribution in [3.05, 3.63) is 71.7 Å². The second kappa shape index (κ2) is 8.62. The lowest BCUT2D eigenvalue weighted by Crippen LogP contribution is -2.18. The van der Waals surface area contributed by atoms with Crippen LogP contribution in [0.15, 0.2) is 54.6 Å². The molecule has 7 nitrogen and oxygen atoms in total. The molecule has 0 saturated carbocycles. The number of aryl methyl sites for hydroxylation is 1. The quantitative estimate of drug-likeness (QED) is 0.667. The SMILES string of the molecule is Cc1nc(Nc2ccc(C#N)cc2)cc(C(=O)Nc2ccc(N3CCCC3)cc2)n1. The van der Waals surface area contributed by atoms with Crippen LogP contribution in [0.2, 0.25) is 0 Å². The normalized spacial score (nSPS) is 13.0. The molecule has 3 aromatic rings. The highest BCUT2D eigenvalue weighted by atomic mass is 16.1. The van der Waals surface area contributed by atoms with E-state index in [2.05, 4.69) is 31.6 Å². The number of amides is 1. The molecule has 1 aliphatic rings. The number of rotatable bonds is 5. The van der Waals surface area contributed by atoms with Gasteiger partial charge in [0.05, 0.1) is 11.6 Å². The first-order valence-electron chi connectivity index (χ1n) is 9.90. The van der Waals surface area contributed by atoms with E-state index in [1.807, 2.05) is 24.3 Å². The molecule has 4 rings (SSSR count). The molecule has 1 amide bonds. The average Bonchev–Trinajstić information content (AvgIpc) is 3.29. The number of hydrogen-bond donors (Lipinski definition) is 2. The monoisotopic (exact) mass is 398 g/mol. The number of carbonyl (C=O) groups excluding carboxylic acids is 1. The molecule has 0 bridgehead atoms. The third kappa shape index (κ3) is 4.55. The van der Waals surface area contributed by atoms with Gasteiger partial charge in [0.1, 0.15) is 17.3 Å². The molecule has 150 valence electrons. The fourth-order valence-corrected chi connectivity index (χ4v) is 3.45. The van der Waals surface area contributed by atoms with E-state index in [4.69, 9.17) is 5.26 Å². The summed E-state index contributed by atoms with van der Waals surface area (Å²) >= 11 is 0. The Hall–Kier alpha value is -3.92. The average molecular weight is 398 g/mol. The summed E-state index contributed by atoms with van der Waals surface area (Å²) in [7, 11) is 0. The third-order valence-electron chi connectivity index (χ3n) is 4.95. The lowest BCUT2D eigenvalue weighted by atomic mass is 10.2. The second-order valence-electron chi connectivity index (χ2n) is 7.19. The molecule has 1 saturated heterocycles. The first-order valence-corrected chi connectivity index (χ1v) is 9.90. The molecule has 0 spiro atoms.